The normalized spacial score (nSPS) is 10.2. The molecule has 0 aliphatic carbocycles. The van der Waals surface area contributed by atoms with Crippen molar-refractivity contribution in [2.75, 3.05) is 17.7 Å². The van der Waals surface area contributed by atoms with Crippen molar-refractivity contribution >= 4 is 23.1 Å². The molecule has 2 aromatic carbocycles. The highest BCUT2D eigenvalue weighted by Gasteiger charge is 2.04. The van der Waals surface area contributed by atoms with Gasteiger partial charge in [-0.3, -0.25) is 4.79 Å². The number of methoxy groups -OCH3 is 1. The van der Waals surface area contributed by atoms with E-state index in [2.05, 4.69) is 15.6 Å². The van der Waals surface area contributed by atoms with E-state index < -0.39 is 0 Å². The summed E-state index contributed by atoms with van der Waals surface area (Å²) in [6.45, 7) is 0. The summed E-state index contributed by atoms with van der Waals surface area (Å²) >= 11 is 0. The highest BCUT2D eigenvalue weighted by atomic mass is 16.5. The summed E-state index contributed by atoms with van der Waals surface area (Å²) in [5.74, 6) is 1.31. The first kappa shape index (κ1) is 17.5. The van der Waals surface area contributed by atoms with Gasteiger partial charge in [-0.2, -0.15) is 0 Å². The summed E-state index contributed by atoms with van der Waals surface area (Å²) < 4.78 is 5.14. The molecule has 0 fully saturated rings. The van der Waals surface area contributed by atoms with Crippen molar-refractivity contribution in [1.82, 2.24) is 4.98 Å². The van der Waals surface area contributed by atoms with E-state index in [0.29, 0.717) is 18.7 Å². The third-order valence-corrected chi connectivity index (χ3v) is 3.89. The van der Waals surface area contributed by atoms with Crippen LogP contribution in [0.25, 0.3) is 0 Å². The fourth-order valence-corrected chi connectivity index (χ4v) is 2.49. The molecule has 26 heavy (non-hydrogen) atoms. The van der Waals surface area contributed by atoms with E-state index in [1.165, 1.54) is 0 Å². The quantitative estimate of drug-likeness (QED) is 0.665. The number of pyridine rings is 1. The maximum Gasteiger partial charge on any atom is 0.225 e. The number of aromatic nitrogens is 1. The molecule has 0 spiro atoms. The third kappa shape index (κ3) is 5.08. The molecule has 0 unspecified atom stereocenters. The van der Waals surface area contributed by atoms with E-state index in [1.54, 1.807) is 19.4 Å². The maximum atomic E-state index is 12.0. The molecule has 1 amide bonds. The van der Waals surface area contributed by atoms with Crippen molar-refractivity contribution < 1.29 is 9.53 Å². The number of anilines is 3. The van der Waals surface area contributed by atoms with Crippen LogP contribution < -0.4 is 15.4 Å². The predicted molar refractivity (Wildman–Crippen MR) is 104 cm³/mol. The molecule has 0 atom stereocenters. The lowest BCUT2D eigenvalue weighted by Gasteiger charge is -2.09. The molecule has 0 radical (unpaired) electrons. The van der Waals surface area contributed by atoms with Crippen LogP contribution in [0.2, 0.25) is 0 Å². The summed E-state index contributed by atoms with van der Waals surface area (Å²) in [5.41, 5.74) is 2.93. The van der Waals surface area contributed by atoms with Gasteiger partial charge in [0, 0.05) is 12.1 Å². The molecule has 3 aromatic rings. The lowest BCUT2D eigenvalue weighted by molar-refractivity contribution is -0.116. The van der Waals surface area contributed by atoms with E-state index in [9.17, 15) is 4.79 Å². The summed E-state index contributed by atoms with van der Waals surface area (Å²) in [5, 5.41) is 6.08. The van der Waals surface area contributed by atoms with Crippen LogP contribution >= 0.6 is 0 Å². The molecular weight excluding hydrogens is 326 g/mol. The van der Waals surface area contributed by atoms with Gasteiger partial charge in [0.05, 0.1) is 19.0 Å². The minimum atomic E-state index is -0.0442. The summed E-state index contributed by atoms with van der Waals surface area (Å²) in [6, 6.07) is 21.2. The third-order valence-electron chi connectivity index (χ3n) is 3.89. The second-order valence-electron chi connectivity index (χ2n) is 5.82. The number of nitrogens with one attached hydrogen (secondary N) is 2. The fraction of sp³-hybridized carbons (Fsp3) is 0.143. The zero-order valence-electron chi connectivity index (χ0n) is 14.6. The van der Waals surface area contributed by atoms with E-state index in [1.807, 2.05) is 60.7 Å². The smallest absolute Gasteiger partial charge is 0.225 e. The average molecular weight is 347 g/mol. The van der Waals surface area contributed by atoms with Gasteiger partial charge in [0.2, 0.25) is 5.91 Å². The van der Waals surface area contributed by atoms with E-state index >= 15 is 0 Å². The van der Waals surface area contributed by atoms with Crippen LogP contribution in [0.3, 0.4) is 0 Å². The van der Waals surface area contributed by atoms with Crippen LogP contribution in [0.4, 0.5) is 17.2 Å². The number of ether oxygens (including phenoxy) is 1. The lowest BCUT2D eigenvalue weighted by atomic mass is 10.1. The highest BCUT2D eigenvalue weighted by molar-refractivity contribution is 5.90. The van der Waals surface area contributed by atoms with Crippen LogP contribution in [0, 0.1) is 0 Å². The molecule has 0 bridgehead atoms. The van der Waals surface area contributed by atoms with Crippen LogP contribution in [-0.2, 0) is 11.2 Å². The molecule has 0 aliphatic rings. The van der Waals surface area contributed by atoms with Gasteiger partial charge in [0.25, 0.3) is 0 Å². The maximum absolute atomic E-state index is 12.0. The minimum Gasteiger partial charge on any atom is -0.497 e. The van der Waals surface area contributed by atoms with Gasteiger partial charge in [-0.05, 0) is 48.4 Å². The number of hydrogen-bond acceptors (Lipinski definition) is 4. The first-order valence-electron chi connectivity index (χ1n) is 8.44. The molecule has 5 heteroatoms. The fourth-order valence-electron chi connectivity index (χ4n) is 2.49. The number of hydrogen-bond donors (Lipinski definition) is 2. The number of benzene rings is 2. The van der Waals surface area contributed by atoms with Crippen LogP contribution in [0.5, 0.6) is 5.75 Å². The molecule has 0 saturated carbocycles. The van der Waals surface area contributed by atoms with Gasteiger partial charge >= 0.3 is 0 Å². The van der Waals surface area contributed by atoms with Crippen molar-refractivity contribution in [1.29, 1.82) is 0 Å². The molecule has 5 nitrogen and oxygen atoms in total. The molecule has 1 aromatic heterocycles. The van der Waals surface area contributed by atoms with Gasteiger partial charge < -0.3 is 15.4 Å². The van der Waals surface area contributed by atoms with Gasteiger partial charge in [0.15, 0.2) is 0 Å². The second-order valence-corrected chi connectivity index (χ2v) is 5.82. The molecule has 1 heterocycles. The number of carbonyl (C=O) groups is 1. The monoisotopic (exact) mass is 347 g/mol. The summed E-state index contributed by atoms with van der Waals surface area (Å²) in [6.07, 6.45) is 2.83. The first-order valence-corrected chi connectivity index (χ1v) is 8.44. The Balaban J connectivity index is 1.51. The molecule has 0 saturated heterocycles. The molecule has 0 aliphatic heterocycles. The zero-order chi connectivity index (χ0) is 18.2. The standard InChI is InChI=1S/C21H21N3O2/c1-26-19-11-8-17(9-12-19)23-18-10-13-20(22-15-18)24-21(25)14-7-16-5-3-2-4-6-16/h2-6,8-13,15,23H,7,14H2,1H3,(H,22,24,25). The SMILES string of the molecule is COc1ccc(Nc2ccc(NC(=O)CCc3ccccc3)nc2)cc1. The highest BCUT2D eigenvalue weighted by Crippen LogP contribution is 2.20. The average Bonchev–Trinajstić information content (AvgIpc) is 2.69. The van der Waals surface area contributed by atoms with Gasteiger partial charge in [-0.1, -0.05) is 30.3 Å². The lowest BCUT2D eigenvalue weighted by Crippen LogP contribution is -2.13. The number of rotatable bonds is 7. The van der Waals surface area contributed by atoms with Gasteiger partial charge in [-0.25, -0.2) is 4.98 Å². The number of aryl methyl sites for hydroxylation is 1. The zero-order valence-corrected chi connectivity index (χ0v) is 14.6. The Kier molecular flexibility index (Phi) is 5.83. The van der Waals surface area contributed by atoms with Gasteiger partial charge in [0.1, 0.15) is 11.6 Å². The Hall–Kier alpha value is -3.34. The molecule has 3 rings (SSSR count). The Labute approximate surface area is 153 Å². The number of amides is 1. The van der Waals surface area contributed by atoms with Crippen LogP contribution in [-0.4, -0.2) is 18.0 Å². The Bertz CT molecular complexity index is 831. The number of carbonyl (C=O) groups excluding carboxylic acids is 1. The van der Waals surface area contributed by atoms with Crippen molar-refractivity contribution in [2.24, 2.45) is 0 Å². The van der Waals surface area contributed by atoms with Crippen molar-refractivity contribution in [3.05, 3.63) is 78.5 Å². The van der Waals surface area contributed by atoms with Crippen LogP contribution in [0.1, 0.15) is 12.0 Å². The molecular formula is C21H21N3O2. The number of nitrogens with zero attached hydrogens (tertiary/aromatic N) is 1. The largest absolute Gasteiger partial charge is 0.497 e. The van der Waals surface area contributed by atoms with Gasteiger partial charge in [-0.15, -0.1) is 0 Å². The van der Waals surface area contributed by atoms with E-state index in [0.717, 1.165) is 22.7 Å². The van der Waals surface area contributed by atoms with E-state index in [-0.39, 0.29) is 5.91 Å². The topological polar surface area (TPSA) is 63.2 Å². The molecule has 132 valence electrons. The minimum absolute atomic E-state index is 0.0442. The van der Waals surface area contributed by atoms with Crippen LogP contribution in [0.15, 0.2) is 72.9 Å². The molecule has 2 N–H and O–H groups in total. The second kappa shape index (κ2) is 8.67. The summed E-state index contributed by atoms with van der Waals surface area (Å²) in [7, 11) is 1.64. The predicted octanol–water partition coefficient (Wildman–Crippen LogP) is 4.41. The van der Waals surface area contributed by atoms with Crippen molar-refractivity contribution in [3.63, 3.8) is 0 Å². The Morgan fingerprint density at radius 1 is 0.962 bits per heavy atom. The Morgan fingerprint density at radius 3 is 2.35 bits per heavy atom. The Morgan fingerprint density at radius 2 is 1.69 bits per heavy atom. The van der Waals surface area contributed by atoms with E-state index in [4.69, 9.17) is 4.74 Å². The van der Waals surface area contributed by atoms with Crippen molar-refractivity contribution in [2.45, 2.75) is 12.8 Å². The summed E-state index contributed by atoms with van der Waals surface area (Å²) in [4.78, 5) is 16.3. The van der Waals surface area contributed by atoms with Crippen molar-refractivity contribution in [3.8, 4) is 5.75 Å². The first-order chi connectivity index (χ1) is 12.7.